The Morgan fingerprint density at radius 1 is 1.17 bits per heavy atom. The quantitative estimate of drug-likeness (QED) is 0.772. The third kappa shape index (κ3) is 3.83. The summed E-state index contributed by atoms with van der Waals surface area (Å²) in [5.41, 5.74) is 2.61. The molecule has 30 heavy (non-hydrogen) atoms. The minimum absolute atomic E-state index is 0.0213. The van der Waals surface area contributed by atoms with E-state index in [1.807, 2.05) is 4.90 Å². The molecule has 0 spiro atoms. The van der Waals surface area contributed by atoms with Crippen molar-refractivity contribution in [1.82, 2.24) is 15.2 Å². The van der Waals surface area contributed by atoms with Gasteiger partial charge in [0.15, 0.2) is 0 Å². The highest BCUT2D eigenvalue weighted by molar-refractivity contribution is 5.96. The largest absolute Gasteiger partial charge is 0.349 e. The van der Waals surface area contributed by atoms with Crippen molar-refractivity contribution < 1.29 is 14.0 Å². The molecule has 4 rings (SSSR count). The molecule has 1 saturated heterocycles. The van der Waals surface area contributed by atoms with E-state index in [2.05, 4.69) is 24.1 Å². The van der Waals surface area contributed by atoms with Crippen molar-refractivity contribution in [3.63, 3.8) is 0 Å². The summed E-state index contributed by atoms with van der Waals surface area (Å²) >= 11 is 0. The molecule has 1 aliphatic carbocycles. The lowest BCUT2D eigenvalue weighted by molar-refractivity contribution is 0.00130. The standard InChI is InChI=1S/C24H28FN3O2/c1-4-24(5-2)13-28(14-24)23(30)16-6-9-21(26-12-16)19-10-17(11-20(25)15(19)3)22(29)27-18-7-8-18/h6,9-12,18H,4-5,7-8,13-14H2,1-3H3,(H,27,29). The molecule has 1 aromatic carbocycles. The number of hydrogen-bond donors (Lipinski definition) is 1. The van der Waals surface area contributed by atoms with E-state index >= 15 is 0 Å². The average molecular weight is 410 g/mol. The van der Waals surface area contributed by atoms with E-state index in [-0.39, 0.29) is 28.8 Å². The molecular weight excluding hydrogens is 381 g/mol. The first kappa shape index (κ1) is 20.5. The van der Waals surface area contributed by atoms with Gasteiger partial charge in [0.05, 0.1) is 11.3 Å². The van der Waals surface area contributed by atoms with Crippen LogP contribution in [-0.4, -0.2) is 40.8 Å². The minimum Gasteiger partial charge on any atom is -0.349 e. The highest BCUT2D eigenvalue weighted by Crippen LogP contribution is 2.37. The molecule has 6 heteroatoms. The highest BCUT2D eigenvalue weighted by atomic mass is 19.1. The van der Waals surface area contributed by atoms with Gasteiger partial charge in [0, 0.05) is 41.9 Å². The van der Waals surface area contributed by atoms with E-state index in [4.69, 9.17) is 0 Å². The van der Waals surface area contributed by atoms with Crippen LogP contribution in [0.3, 0.4) is 0 Å². The second-order valence-corrected chi connectivity index (χ2v) is 8.68. The first-order valence-electron chi connectivity index (χ1n) is 10.7. The number of aromatic nitrogens is 1. The van der Waals surface area contributed by atoms with Crippen molar-refractivity contribution in [3.05, 3.63) is 53.0 Å². The highest BCUT2D eigenvalue weighted by Gasteiger charge is 2.42. The van der Waals surface area contributed by atoms with Crippen molar-refractivity contribution in [2.24, 2.45) is 5.41 Å². The van der Waals surface area contributed by atoms with Gasteiger partial charge in [0.2, 0.25) is 0 Å². The van der Waals surface area contributed by atoms with Crippen LogP contribution < -0.4 is 5.32 Å². The number of rotatable bonds is 6. The summed E-state index contributed by atoms with van der Waals surface area (Å²) < 4.78 is 14.5. The summed E-state index contributed by atoms with van der Waals surface area (Å²) in [6, 6.07) is 6.61. The predicted octanol–water partition coefficient (Wildman–Crippen LogP) is 4.35. The molecule has 1 N–H and O–H groups in total. The number of amides is 2. The van der Waals surface area contributed by atoms with Crippen LogP contribution in [0, 0.1) is 18.2 Å². The maximum atomic E-state index is 14.5. The number of carbonyl (C=O) groups excluding carboxylic acids is 2. The summed E-state index contributed by atoms with van der Waals surface area (Å²) in [7, 11) is 0. The molecule has 2 heterocycles. The van der Waals surface area contributed by atoms with E-state index in [1.54, 1.807) is 31.3 Å². The second kappa shape index (κ2) is 7.82. The molecule has 1 saturated carbocycles. The summed E-state index contributed by atoms with van der Waals surface area (Å²) in [6.45, 7) is 7.57. The van der Waals surface area contributed by atoms with Gasteiger partial charge in [0.25, 0.3) is 11.8 Å². The lowest BCUT2D eigenvalue weighted by Gasteiger charge is -2.49. The fourth-order valence-corrected chi connectivity index (χ4v) is 4.04. The molecule has 2 aromatic rings. The van der Waals surface area contributed by atoms with Crippen LogP contribution in [0.1, 0.15) is 65.8 Å². The molecule has 0 radical (unpaired) electrons. The van der Waals surface area contributed by atoms with Gasteiger partial charge >= 0.3 is 0 Å². The summed E-state index contributed by atoms with van der Waals surface area (Å²) in [6.07, 6.45) is 5.63. The Morgan fingerprint density at radius 2 is 1.87 bits per heavy atom. The van der Waals surface area contributed by atoms with Gasteiger partial charge in [-0.25, -0.2) is 4.39 Å². The molecule has 0 bridgehead atoms. The fraction of sp³-hybridized carbons (Fsp3) is 0.458. The van der Waals surface area contributed by atoms with Crippen molar-refractivity contribution in [2.45, 2.75) is 52.5 Å². The maximum Gasteiger partial charge on any atom is 0.255 e. The summed E-state index contributed by atoms with van der Waals surface area (Å²) in [5.74, 6) is -0.726. The SMILES string of the molecule is CCC1(CC)CN(C(=O)c2ccc(-c3cc(C(=O)NC4CC4)cc(F)c3C)nc2)C1. The van der Waals surface area contributed by atoms with Crippen LogP contribution >= 0.6 is 0 Å². The third-order valence-corrected chi connectivity index (χ3v) is 6.65. The zero-order chi connectivity index (χ0) is 21.5. The Bertz CT molecular complexity index is 971. The van der Waals surface area contributed by atoms with E-state index in [0.717, 1.165) is 38.8 Å². The number of nitrogens with zero attached hydrogens (tertiary/aromatic N) is 2. The average Bonchev–Trinajstić information content (AvgIpc) is 3.54. The maximum absolute atomic E-state index is 14.5. The van der Waals surface area contributed by atoms with Crippen LogP contribution in [0.25, 0.3) is 11.3 Å². The Hall–Kier alpha value is -2.76. The van der Waals surface area contributed by atoms with Crippen LogP contribution in [0.2, 0.25) is 0 Å². The lowest BCUT2D eigenvalue weighted by Crippen LogP contribution is -2.57. The van der Waals surface area contributed by atoms with E-state index in [1.165, 1.54) is 6.07 Å². The van der Waals surface area contributed by atoms with Crippen LogP contribution in [0.4, 0.5) is 4.39 Å². The third-order valence-electron chi connectivity index (χ3n) is 6.65. The van der Waals surface area contributed by atoms with Crippen LogP contribution in [-0.2, 0) is 0 Å². The van der Waals surface area contributed by atoms with Crippen LogP contribution in [0.5, 0.6) is 0 Å². The minimum atomic E-state index is -0.438. The van der Waals surface area contributed by atoms with Gasteiger partial charge in [-0.15, -0.1) is 0 Å². The fourth-order valence-electron chi connectivity index (χ4n) is 4.04. The van der Waals surface area contributed by atoms with Crippen molar-refractivity contribution in [3.8, 4) is 11.3 Å². The van der Waals surface area contributed by atoms with E-state index in [0.29, 0.717) is 22.4 Å². The number of nitrogens with one attached hydrogen (secondary N) is 1. The molecule has 1 aliphatic heterocycles. The molecule has 2 aliphatic rings. The van der Waals surface area contributed by atoms with Crippen molar-refractivity contribution in [1.29, 1.82) is 0 Å². The summed E-state index contributed by atoms with van der Waals surface area (Å²) in [4.78, 5) is 31.4. The van der Waals surface area contributed by atoms with Gasteiger partial charge in [-0.3, -0.25) is 14.6 Å². The summed E-state index contributed by atoms with van der Waals surface area (Å²) in [5, 5.41) is 2.88. The molecule has 2 amide bonds. The lowest BCUT2D eigenvalue weighted by atomic mass is 9.75. The molecule has 1 aromatic heterocycles. The Kier molecular flexibility index (Phi) is 5.35. The Labute approximate surface area is 176 Å². The van der Waals surface area contributed by atoms with Crippen molar-refractivity contribution >= 4 is 11.8 Å². The molecular formula is C24H28FN3O2. The van der Waals surface area contributed by atoms with Crippen LogP contribution in [0.15, 0.2) is 30.5 Å². The first-order chi connectivity index (χ1) is 14.4. The zero-order valence-corrected chi connectivity index (χ0v) is 17.8. The smallest absolute Gasteiger partial charge is 0.255 e. The first-order valence-corrected chi connectivity index (χ1v) is 10.7. The number of pyridine rings is 1. The van der Waals surface area contributed by atoms with E-state index < -0.39 is 5.82 Å². The second-order valence-electron chi connectivity index (χ2n) is 8.68. The monoisotopic (exact) mass is 409 g/mol. The predicted molar refractivity (Wildman–Crippen MR) is 114 cm³/mol. The van der Waals surface area contributed by atoms with Gasteiger partial charge in [-0.05, 0) is 62.4 Å². The Balaban J connectivity index is 1.53. The number of hydrogen-bond acceptors (Lipinski definition) is 3. The molecule has 0 atom stereocenters. The number of carbonyl (C=O) groups is 2. The molecule has 2 fully saturated rings. The van der Waals surface area contributed by atoms with Gasteiger partial charge in [-0.1, -0.05) is 13.8 Å². The van der Waals surface area contributed by atoms with E-state index in [9.17, 15) is 14.0 Å². The van der Waals surface area contributed by atoms with Gasteiger partial charge in [-0.2, -0.15) is 0 Å². The molecule has 158 valence electrons. The van der Waals surface area contributed by atoms with Gasteiger partial charge in [0.1, 0.15) is 5.82 Å². The number of likely N-dealkylation sites (tertiary alicyclic amines) is 1. The topological polar surface area (TPSA) is 62.3 Å². The molecule has 5 nitrogen and oxygen atoms in total. The normalized spacial score (nSPS) is 17.4. The Morgan fingerprint density at radius 3 is 2.43 bits per heavy atom. The number of halogens is 1. The van der Waals surface area contributed by atoms with Crippen molar-refractivity contribution in [2.75, 3.05) is 13.1 Å². The molecule has 0 unspecified atom stereocenters. The number of benzene rings is 1. The van der Waals surface area contributed by atoms with Gasteiger partial charge < -0.3 is 10.2 Å². The zero-order valence-electron chi connectivity index (χ0n) is 17.8.